The molecule has 1 amide bonds. The highest BCUT2D eigenvalue weighted by atomic mass is 16.5. The van der Waals surface area contributed by atoms with Crippen molar-refractivity contribution in [3.8, 4) is 11.4 Å². The molecular weight excluding hydrogens is 386 g/mol. The third-order valence-corrected chi connectivity index (χ3v) is 5.38. The zero-order chi connectivity index (χ0) is 21.6. The lowest BCUT2D eigenvalue weighted by atomic mass is 10.1. The van der Waals surface area contributed by atoms with E-state index in [0.717, 1.165) is 35.4 Å². The van der Waals surface area contributed by atoms with Crippen LogP contribution in [0.4, 0.5) is 0 Å². The van der Waals surface area contributed by atoms with Gasteiger partial charge in [0.15, 0.2) is 0 Å². The zero-order valence-corrected chi connectivity index (χ0v) is 18.0. The molecule has 5 heteroatoms. The van der Waals surface area contributed by atoms with Crippen LogP contribution in [0.1, 0.15) is 35.9 Å². The van der Waals surface area contributed by atoms with Crippen molar-refractivity contribution >= 4 is 16.9 Å². The second-order valence-corrected chi connectivity index (χ2v) is 7.47. The number of imidazole rings is 1. The molecule has 1 heterocycles. The molecule has 158 valence electrons. The summed E-state index contributed by atoms with van der Waals surface area (Å²) in [5.74, 6) is 1.38. The number of para-hydroxylation sites is 4. The van der Waals surface area contributed by atoms with Crippen LogP contribution in [0.2, 0.25) is 0 Å². The number of unbranched alkanes of at least 4 members (excludes halogenated alkanes) is 1. The van der Waals surface area contributed by atoms with E-state index in [1.54, 1.807) is 7.11 Å². The molecule has 0 spiro atoms. The summed E-state index contributed by atoms with van der Waals surface area (Å²) in [5.41, 5.74) is 3.56. The summed E-state index contributed by atoms with van der Waals surface area (Å²) < 4.78 is 7.59. The summed E-state index contributed by atoms with van der Waals surface area (Å²) >= 11 is 0. The van der Waals surface area contributed by atoms with Crippen LogP contribution in [-0.2, 0) is 6.54 Å². The molecule has 0 N–H and O–H groups in total. The Morgan fingerprint density at radius 2 is 1.68 bits per heavy atom. The molecule has 0 unspecified atom stereocenters. The van der Waals surface area contributed by atoms with Gasteiger partial charge in [0.25, 0.3) is 5.91 Å². The monoisotopic (exact) mass is 413 g/mol. The molecule has 0 atom stereocenters. The Balaban J connectivity index is 1.76. The Labute approximate surface area is 182 Å². The van der Waals surface area contributed by atoms with Gasteiger partial charge in [0.1, 0.15) is 11.6 Å². The fourth-order valence-electron chi connectivity index (χ4n) is 3.81. The molecule has 0 saturated carbocycles. The lowest BCUT2D eigenvalue weighted by Crippen LogP contribution is -2.33. The Hall–Kier alpha value is -3.60. The molecule has 0 aliphatic rings. The van der Waals surface area contributed by atoms with E-state index in [9.17, 15) is 4.79 Å². The van der Waals surface area contributed by atoms with E-state index in [2.05, 4.69) is 29.7 Å². The Bertz CT molecular complexity index is 1170. The summed E-state index contributed by atoms with van der Waals surface area (Å²) in [4.78, 5) is 20.3. The molecule has 0 radical (unpaired) electrons. The number of benzene rings is 3. The van der Waals surface area contributed by atoms with Gasteiger partial charge in [0.05, 0.1) is 30.3 Å². The van der Waals surface area contributed by atoms with Gasteiger partial charge in [-0.15, -0.1) is 0 Å². The van der Waals surface area contributed by atoms with Crippen LogP contribution in [0, 0.1) is 0 Å². The smallest absolute Gasteiger partial charge is 0.258 e. The average molecular weight is 414 g/mol. The zero-order valence-electron chi connectivity index (χ0n) is 18.0. The van der Waals surface area contributed by atoms with E-state index < -0.39 is 0 Å². The van der Waals surface area contributed by atoms with Crippen molar-refractivity contribution in [2.45, 2.75) is 26.3 Å². The predicted molar refractivity (Wildman–Crippen MR) is 124 cm³/mol. The molecule has 1 aromatic heterocycles. The highest BCUT2D eigenvalue weighted by Crippen LogP contribution is 2.25. The van der Waals surface area contributed by atoms with Gasteiger partial charge in [-0.3, -0.25) is 9.36 Å². The first-order chi connectivity index (χ1) is 15.2. The first kappa shape index (κ1) is 20.7. The quantitative estimate of drug-likeness (QED) is 0.384. The number of hydrogen-bond acceptors (Lipinski definition) is 3. The number of rotatable bonds is 8. The largest absolute Gasteiger partial charge is 0.496 e. The van der Waals surface area contributed by atoms with Gasteiger partial charge in [-0.1, -0.05) is 55.8 Å². The van der Waals surface area contributed by atoms with Crippen LogP contribution in [0.25, 0.3) is 16.7 Å². The summed E-state index contributed by atoms with van der Waals surface area (Å²) in [6.07, 6.45) is 1.93. The van der Waals surface area contributed by atoms with Gasteiger partial charge >= 0.3 is 0 Å². The molecule has 3 aromatic carbocycles. The molecular formula is C26H27N3O2. The number of amides is 1. The molecule has 0 bridgehead atoms. The highest BCUT2D eigenvalue weighted by molar-refractivity contribution is 5.97. The molecule has 0 aliphatic carbocycles. The number of hydrogen-bond donors (Lipinski definition) is 0. The number of fused-ring (bicyclic) bond motifs is 1. The summed E-state index contributed by atoms with van der Waals surface area (Å²) in [7, 11) is 1.59. The van der Waals surface area contributed by atoms with Gasteiger partial charge in [-0.2, -0.15) is 0 Å². The van der Waals surface area contributed by atoms with Crippen LogP contribution >= 0.6 is 0 Å². The van der Waals surface area contributed by atoms with Crippen molar-refractivity contribution in [1.29, 1.82) is 0 Å². The Kier molecular flexibility index (Phi) is 6.32. The Morgan fingerprint density at radius 1 is 0.968 bits per heavy atom. The number of ether oxygens (including phenoxy) is 1. The fraction of sp³-hybridized carbons (Fsp3) is 0.231. The van der Waals surface area contributed by atoms with Gasteiger partial charge < -0.3 is 9.64 Å². The van der Waals surface area contributed by atoms with Gasteiger partial charge in [-0.05, 0) is 42.8 Å². The van der Waals surface area contributed by atoms with Crippen molar-refractivity contribution in [3.05, 3.63) is 90.3 Å². The third-order valence-electron chi connectivity index (χ3n) is 5.38. The van der Waals surface area contributed by atoms with Crippen LogP contribution < -0.4 is 4.74 Å². The summed E-state index contributed by atoms with van der Waals surface area (Å²) in [6.45, 7) is 3.21. The number of carbonyl (C=O) groups excluding carboxylic acids is 1. The molecule has 31 heavy (non-hydrogen) atoms. The molecule has 5 nitrogen and oxygen atoms in total. The number of nitrogens with zero attached hydrogens (tertiary/aromatic N) is 3. The van der Waals surface area contributed by atoms with E-state index in [1.165, 1.54) is 0 Å². The van der Waals surface area contributed by atoms with Gasteiger partial charge in [0, 0.05) is 12.2 Å². The van der Waals surface area contributed by atoms with E-state index in [4.69, 9.17) is 9.72 Å². The second-order valence-electron chi connectivity index (χ2n) is 7.47. The topological polar surface area (TPSA) is 47.4 Å². The van der Waals surface area contributed by atoms with E-state index in [-0.39, 0.29) is 5.91 Å². The first-order valence-electron chi connectivity index (χ1n) is 10.7. The predicted octanol–water partition coefficient (Wildman–Crippen LogP) is 5.48. The lowest BCUT2D eigenvalue weighted by molar-refractivity contribution is 0.0732. The van der Waals surface area contributed by atoms with Crippen molar-refractivity contribution in [2.75, 3.05) is 13.7 Å². The second kappa shape index (κ2) is 9.47. The number of carbonyl (C=O) groups is 1. The van der Waals surface area contributed by atoms with Crippen molar-refractivity contribution in [2.24, 2.45) is 0 Å². The summed E-state index contributed by atoms with van der Waals surface area (Å²) in [6, 6.07) is 25.6. The maximum atomic E-state index is 13.5. The minimum atomic E-state index is -0.0439. The minimum absolute atomic E-state index is 0.0439. The molecule has 4 aromatic rings. The number of methoxy groups -OCH3 is 1. The maximum absolute atomic E-state index is 13.5. The molecule has 4 rings (SSSR count). The van der Waals surface area contributed by atoms with Crippen molar-refractivity contribution < 1.29 is 9.53 Å². The van der Waals surface area contributed by atoms with Gasteiger partial charge in [-0.25, -0.2) is 4.98 Å². The summed E-state index contributed by atoms with van der Waals surface area (Å²) in [5, 5.41) is 0. The SMILES string of the molecule is CCCCN(Cc1nc2ccccc2n1-c1ccccc1)C(=O)c1ccccc1OC. The van der Waals surface area contributed by atoms with Crippen LogP contribution in [0.15, 0.2) is 78.9 Å². The standard InChI is InChI=1S/C26H27N3O2/c1-3-4-18-28(26(30)21-14-8-11-17-24(21)31-2)19-25-27-22-15-9-10-16-23(22)29(25)20-12-6-5-7-13-20/h5-17H,3-4,18-19H2,1-2H3. The van der Waals surface area contributed by atoms with E-state index in [1.807, 2.05) is 65.6 Å². The van der Waals surface area contributed by atoms with Crippen molar-refractivity contribution in [1.82, 2.24) is 14.5 Å². The Morgan fingerprint density at radius 3 is 2.45 bits per heavy atom. The van der Waals surface area contributed by atoms with Crippen molar-refractivity contribution in [3.63, 3.8) is 0 Å². The molecule has 0 aliphatic heterocycles. The van der Waals surface area contributed by atoms with E-state index >= 15 is 0 Å². The number of aromatic nitrogens is 2. The highest BCUT2D eigenvalue weighted by Gasteiger charge is 2.22. The molecule has 0 fully saturated rings. The normalized spacial score (nSPS) is 10.9. The first-order valence-corrected chi connectivity index (χ1v) is 10.7. The fourth-order valence-corrected chi connectivity index (χ4v) is 3.81. The van der Waals surface area contributed by atoms with Crippen LogP contribution in [0.5, 0.6) is 5.75 Å². The molecule has 0 saturated heterocycles. The van der Waals surface area contributed by atoms with Gasteiger partial charge in [0.2, 0.25) is 0 Å². The lowest BCUT2D eigenvalue weighted by Gasteiger charge is -2.24. The average Bonchev–Trinajstić information content (AvgIpc) is 3.19. The van der Waals surface area contributed by atoms with Crippen LogP contribution in [-0.4, -0.2) is 34.0 Å². The van der Waals surface area contributed by atoms with Crippen LogP contribution in [0.3, 0.4) is 0 Å². The van der Waals surface area contributed by atoms with E-state index in [0.29, 0.717) is 24.4 Å². The maximum Gasteiger partial charge on any atom is 0.258 e. The third kappa shape index (κ3) is 4.31. The minimum Gasteiger partial charge on any atom is -0.496 e.